The van der Waals surface area contributed by atoms with E-state index in [0.717, 1.165) is 23.1 Å². The van der Waals surface area contributed by atoms with E-state index in [1.165, 1.54) is 5.57 Å². The SMILES string of the molecule is CNC1=NN=C(C2=CC=C(O)CC2)CS1. The molecule has 80 valence electrons. The van der Waals surface area contributed by atoms with Crippen LogP contribution in [0, 0.1) is 0 Å². The fraction of sp³-hybridized carbons (Fsp3) is 0.400. The third-order valence-corrected chi connectivity index (χ3v) is 3.30. The number of allylic oxidation sites excluding steroid dienone is 4. The van der Waals surface area contributed by atoms with Crippen LogP contribution in [0.25, 0.3) is 0 Å². The van der Waals surface area contributed by atoms with E-state index in [1.807, 2.05) is 13.1 Å². The van der Waals surface area contributed by atoms with Crippen LogP contribution in [0.15, 0.2) is 33.7 Å². The summed E-state index contributed by atoms with van der Waals surface area (Å²) in [5.74, 6) is 1.29. The van der Waals surface area contributed by atoms with E-state index in [0.29, 0.717) is 12.2 Å². The second-order valence-electron chi connectivity index (χ2n) is 3.34. The third-order valence-electron chi connectivity index (χ3n) is 2.32. The molecule has 0 aromatic rings. The van der Waals surface area contributed by atoms with Crippen LogP contribution < -0.4 is 5.32 Å². The zero-order valence-corrected chi connectivity index (χ0v) is 9.34. The summed E-state index contributed by atoms with van der Waals surface area (Å²) in [6, 6.07) is 0. The number of nitrogens with one attached hydrogen (secondary N) is 1. The lowest BCUT2D eigenvalue weighted by atomic mass is 10.0. The number of nitrogens with zero attached hydrogens (tertiary/aromatic N) is 2. The van der Waals surface area contributed by atoms with Crippen molar-refractivity contribution in [1.82, 2.24) is 5.32 Å². The smallest absolute Gasteiger partial charge is 0.183 e. The van der Waals surface area contributed by atoms with Gasteiger partial charge in [-0.2, -0.15) is 5.10 Å². The molecule has 0 aromatic carbocycles. The van der Waals surface area contributed by atoms with Gasteiger partial charge in [0.15, 0.2) is 5.17 Å². The average molecular weight is 223 g/mol. The minimum Gasteiger partial charge on any atom is -0.512 e. The van der Waals surface area contributed by atoms with Crippen molar-refractivity contribution in [1.29, 1.82) is 0 Å². The molecule has 0 atom stereocenters. The Labute approximate surface area is 92.9 Å². The quantitative estimate of drug-likeness (QED) is 0.713. The maximum absolute atomic E-state index is 9.24. The molecule has 1 heterocycles. The lowest BCUT2D eigenvalue weighted by molar-refractivity contribution is 0.386. The Morgan fingerprint density at radius 2 is 2.20 bits per heavy atom. The van der Waals surface area contributed by atoms with Crippen LogP contribution in [0.5, 0.6) is 0 Å². The molecule has 0 saturated heterocycles. The van der Waals surface area contributed by atoms with Gasteiger partial charge < -0.3 is 10.4 Å². The van der Waals surface area contributed by atoms with Gasteiger partial charge in [0, 0.05) is 19.2 Å². The topological polar surface area (TPSA) is 57.0 Å². The molecule has 0 spiro atoms. The minimum absolute atomic E-state index is 0.447. The van der Waals surface area contributed by atoms with Crippen molar-refractivity contribution < 1.29 is 5.11 Å². The Hall–Kier alpha value is -1.23. The molecule has 0 aromatic heterocycles. The Morgan fingerprint density at radius 3 is 2.73 bits per heavy atom. The van der Waals surface area contributed by atoms with E-state index < -0.39 is 0 Å². The maximum atomic E-state index is 9.24. The summed E-state index contributed by atoms with van der Waals surface area (Å²) in [6.45, 7) is 0. The minimum atomic E-state index is 0.447. The highest BCUT2D eigenvalue weighted by Crippen LogP contribution is 2.21. The second kappa shape index (κ2) is 4.53. The van der Waals surface area contributed by atoms with Crippen LogP contribution in [0.2, 0.25) is 0 Å². The summed E-state index contributed by atoms with van der Waals surface area (Å²) in [5.41, 5.74) is 2.20. The zero-order chi connectivity index (χ0) is 10.7. The van der Waals surface area contributed by atoms with Crippen LogP contribution in [-0.4, -0.2) is 28.8 Å². The molecule has 0 unspecified atom stereocenters. The van der Waals surface area contributed by atoms with Gasteiger partial charge in [0.1, 0.15) is 0 Å². The Morgan fingerprint density at radius 1 is 1.33 bits per heavy atom. The molecular weight excluding hydrogens is 210 g/mol. The number of hydrogen-bond donors (Lipinski definition) is 2. The standard InChI is InChI=1S/C10H13N3OS/c1-11-10-13-12-9(6-15-10)7-2-4-8(14)5-3-7/h2,4,14H,3,5-6H2,1H3,(H,11,13). The van der Waals surface area contributed by atoms with Crippen LogP contribution in [0.4, 0.5) is 0 Å². The molecule has 1 aliphatic carbocycles. The van der Waals surface area contributed by atoms with Gasteiger partial charge in [-0.1, -0.05) is 17.8 Å². The molecule has 0 fully saturated rings. The Kier molecular flexibility index (Phi) is 3.11. The highest BCUT2D eigenvalue weighted by atomic mass is 32.2. The zero-order valence-electron chi connectivity index (χ0n) is 8.53. The summed E-state index contributed by atoms with van der Waals surface area (Å²) in [4.78, 5) is 0. The fourth-order valence-electron chi connectivity index (χ4n) is 1.45. The maximum Gasteiger partial charge on any atom is 0.183 e. The normalized spacial score (nSPS) is 21.1. The van der Waals surface area contributed by atoms with Gasteiger partial charge in [-0.15, -0.1) is 5.10 Å². The van der Waals surface area contributed by atoms with Gasteiger partial charge in [-0.3, -0.25) is 0 Å². The molecule has 4 nitrogen and oxygen atoms in total. The molecule has 2 aliphatic rings. The molecule has 0 saturated carbocycles. The van der Waals surface area contributed by atoms with E-state index in [9.17, 15) is 5.11 Å². The number of aliphatic hydroxyl groups is 1. The largest absolute Gasteiger partial charge is 0.512 e. The monoisotopic (exact) mass is 223 g/mol. The van der Waals surface area contributed by atoms with Gasteiger partial charge in [0.2, 0.25) is 0 Å². The van der Waals surface area contributed by atoms with Crippen molar-refractivity contribution in [2.75, 3.05) is 12.8 Å². The summed E-state index contributed by atoms with van der Waals surface area (Å²) in [6.07, 6.45) is 5.23. The summed E-state index contributed by atoms with van der Waals surface area (Å²) in [5, 5.41) is 21.3. The van der Waals surface area contributed by atoms with Gasteiger partial charge in [0.25, 0.3) is 0 Å². The lowest BCUT2D eigenvalue weighted by Gasteiger charge is -2.15. The fourth-order valence-corrected chi connectivity index (χ4v) is 2.21. The van der Waals surface area contributed by atoms with Crippen molar-refractivity contribution in [3.63, 3.8) is 0 Å². The molecular formula is C10H13N3OS. The molecule has 0 bridgehead atoms. The predicted octanol–water partition coefficient (Wildman–Crippen LogP) is 1.83. The first-order valence-corrected chi connectivity index (χ1v) is 5.82. The number of aliphatic hydroxyl groups excluding tert-OH is 1. The third kappa shape index (κ3) is 2.41. The highest BCUT2D eigenvalue weighted by molar-refractivity contribution is 8.14. The average Bonchev–Trinajstić information content (AvgIpc) is 2.30. The predicted molar refractivity (Wildman–Crippen MR) is 64.4 cm³/mol. The molecule has 2 rings (SSSR count). The molecule has 1 aliphatic heterocycles. The summed E-state index contributed by atoms with van der Waals surface area (Å²) in [7, 11) is 1.84. The first kappa shape index (κ1) is 10.3. The number of amidine groups is 1. The molecule has 2 N–H and O–H groups in total. The summed E-state index contributed by atoms with van der Waals surface area (Å²) < 4.78 is 0. The number of hydrogen-bond acceptors (Lipinski definition) is 5. The van der Waals surface area contributed by atoms with E-state index in [4.69, 9.17) is 0 Å². The van der Waals surface area contributed by atoms with E-state index in [1.54, 1.807) is 17.8 Å². The number of rotatable bonds is 1. The molecule has 15 heavy (non-hydrogen) atoms. The van der Waals surface area contributed by atoms with Gasteiger partial charge in [-0.25, -0.2) is 0 Å². The second-order valence-corrected chi connectivity index (χ2v) is 4.30. The Bertz CT molecular complexity index is 382. The van der Waals surface area contributed by atoms with Crippen LogP contribution in [-0.2, 0) is 0 Å². The Balaban J connectivity index is 2.13. The van der Waals surface area contributed by atoms with Crippen molar-refractivity contribution >= 4 is 22.6 Å². The van der Waals surface area contributed by atoms with Gasteiger partial charge >= 0.3 is 0 Å². The van der Waals surface area contributed by atoms with E-state index in [-0.39, 0.29) is 0 Å². The van der Waals surface area contributed by atoms with Crippen molar-refractivity contribution in [3.8, 4) is 0 Å². The van der Waals surface area contributed by atoms with Crippen molar-refractivity contribution in [2.45, 2.75) is 12.8 Å². The van der Waals surface area contributed by atoms with E-state index >= 15 is 0 Å². The molecule has 5 heteroatoms. The van der Waals surface area contributed by atoms with Gasteiger partial charge in [0.05, 0.1) is 11.5 Å². The molecule has 0 radical (unpaired) electrons. The first-order valence-electron chi connectivity index (χ1n) is 4.83. The van der Waals surface area contributed by atoms with Crippen molar-refractivity contribution in [2.24, 2.45) is 10.2 Å². The number of thioether (sulfide) groups is 1. The van der Waals surface area contributed by atoms with Crippen LogP contribution >= 0.6 is 11.8 Å². The lowest BCUT2D eigenvalue weighted by Crippen LogP contribution is -2.21. The van der Waals surface area contributed by atoms with E-state index in [2.05, 4.69) is 15.5 Å². The summed E-state index contributed by atoms with van der Waals surface area (Å²) >= 11 is 1.65. The van der Waals surface area contributed by atoms with Gasteiger partial charge in [-0.05, 0) is 18.1 Å². The first-order chi connectivity index (χ1) is 7.29. The van der Waals surface area contributed by atoms with Crippen molar-refractivity contribution in [3.05, 3.63) is 23.5 Å². The highest BCUT2D eigenvalue weighted by Gasteiger charge is 2.15. The van der Waals surface area contributed by atoms with Crippen LogP contribution in [0.3, 0.4) is 0 Å². The van der Waals surface area contributed by atoms with Crippen LogP contribution in [0.1, 0.15) is 12.8 Å². The molecule has 0 amide bonds.